The fraction of sp³-hybridized carbons (Fsp3) is 0. The zero-order valence-corrected chi connectivity index (χ0v) is 18.5. The van der Waals surface area contributed by atoms with E-state index in [2.05, 4.69) is 0 Å². The Hall–Kier alpha value is 1.21. The summed E-state index contributed by atoms with van der Waals surface area (Å²) in [5.41, 5.74) is 0. The molecule has 0 saturated carbocycles. The second-order valence-electron chi connectivity index (χ2n) is 3.05. The fourth-order valence-electron chi connectivity index (χ4n) is 0.841. The van der Waals surface area contributed by atoms with Crippen LogP contribution in [0, 0.1) is 0 Å². The molecule has 10 heteroatoms. The summed E-state index contributed by atoms with van der Waals surface area (Å²) >= 11 is -3.83. The molecule has 0 radical (unpaired) electrons. The topological polar surface area (TPSA) is 46.1 Å². The van der Waals surface area contributed by atoms with Crippen LogP contribution in [0.15, 0.2) is 60.7 Å². The largest absolute Gasteiger partial charge is 0.872 e. The number of rotatable bonds is 0. The van der Waals surface area contributed by atoms with Gasteiger partial charge in [0.1, 0.15) is 0 Å². The van der Waals surface area contributed by atoms with Gasteiger partial charge in [0.2, 0.25) is 0 Å². The van der Waals surface area contributed by atoms with Gasteiger partial charge in [-0.2, -0.15) is 0 Å². The van der Waals surface area contributed by atoms with E-state index in [0.717, 1.165) is 0 Å². The maximum Gasteiger partial charge on any atom is -0.0623 e. The molecule has 0 heterocycles. The Balaban J connectivity index is 0. The van der Waals surface area contributed by atoms with E-state index in [1.807, 2.05) is 12.1 Å². The van der Waals surface area contributed by atoms with Gasteiger partial charge in [0.15, 0.2) is 0 Å². The molecule has 0 aliphatic heterocycles. The summed E-state index contributed by atoms with van der Waals surface area (Å²) in [5.74, 6) is 0.144. The van der Waals surface area contributed by atoms with Crippen molar-refractivity contribution >= 4 is 55.8 Å². The summed E-state index contributed by atoms with van der Waals surface area (Å²) in [4.78, 5) is 0. The summed E-state index contributed by atoms with van der Waals surface area (Å²) < 4.78 is 0. The molecule has 2 nitrogen and oxygen atoms in total. The molecule has 0 atom stereocenters. The number of hydrogen-bond acceptors (Lipinski definition) is 2. The van der Waals surface area contributed by atoms with Crippen molar-refractivity contribution in [3.63, 3.8) is 0 Å². The number of para-hydroxylation sites is 2. The first kappa shape index (κ1) is 25.4. The van der Waals surface area contributed by atoms with Gasteiger partial charge in [0.05, 0.1) is 0 Å². The van der Waals surface area contributed by atoms with Crippen LogP contribution < -0.4 is 10.2 Å². The van der Waals surface area contributed by atoms with Gasteiger partial charge in [-0.05, 0) is 0 Å². The van der Waals surface area contributed by atoms with E-state index >= 15 is 0 Å². The maximum absolute atomic E-state index is 10.3. The van der Waals surface area contributed by atoms with Crippen molar-refractivity contribution in [1.82, 2.24) is 0 Å². The van der Waals surface area contributed by atoms with Crippen LogP contribution in [0.1, 0.15) is 0 Å². The second-order valence-corrected chi connectivity index (χ2v) is 18.5. The van der Waals surface area contributed by atoms with Gasteiger partial charge >= 0.3 is 85.2 Å². The summed E-state index contributed by atoms with van der Waals surface area (Å²) in [5, 5.41) is 20.5. The number of hydrogen-bond donors (Lipinski definition) is 0. The molecule has 0 fully saturated rings. The molecule has 22 heavy (non-hydrogen) atoms. The van der Waals surface area contributed by atoms with Gasteiger partial charge in [-0.15, -0.1) is 11.5 Å². The Bertz CT molecular complexity index is 399. The second kappa shape index (κ2) is 18.5. The summed E-state index contributed by atoms with van der Waals surface area (Å²) in [6, 6.07) is 16.7. The van der Waals surface area contributed by atoms with Crippen LogP contribution in [0.3, 0.4) is 0 Å². The molecule has 2 aromatic carbocycles. The molecular formula is C12H10Cl6O2Ti2. The molecule has 0 saturated heterocycles. The predicted molar refractivity (Wildman–Crippen MR) is 86.9 cm³/mol. The molecule has 0 spiro atoms. The van der Waals surface area contributed by atoms with Crippen molar-refractivity contribution in [2.75, 3.05) is 0 Å². The van der Waals surface area contributed by atoms with Gasteiger partial charge in [0, 0.05) is 0 Å². The average molecular weight is 495 g/mol. The Morgan fingerprint density at radius 2 is 0.682 bits per heavy atom. The van der Waals surface area contributed by atoms with Gasteiger partial charge < -0.3 is 10.2 Å². The van der Waals surface area contributed by atoms with E-state index < -0.39 is 29.4 Å². The van der Waals surface area contributed by atoms with E-state index in [4.69, 9.17) is 55.8 Å². The molecule has 120 valence electrons. The summed E-state index contributed by atoms with van der Waals surface area (Å²) in [6.07, 6.45) is 0. The minimum absolute atomic E-state index is 0.0718. The van der Waals surface area contributed by atoms with Crippen molar-refractivity contribution in [1.29, 1.82) is 0 Å². The van der Waals surface area contributed by atoms with E-state index in [9.17, 15) is 10.2 Å². The third-order valence-corrected chi connectivity index (χ3v) is 1.49. The molecule has 2 aromatic rings. The Morgan fingerprint density at radius 1 is 0.500 bits per heavy atom. The van der Waals surface area contributed by atoms with Crippen molar-refractivity contribution < 1.29 is 39.6 Å². The minimum Gasteiger partial charge on any atom is -0.872 e. The van der Waals surface area contributed by atoms with Crippen LogP contribution in [0.2, 0.25) is 0 Å². The SMILES string of the molecule is [Cl][Ti+]([Cl])[Cl].[Cl][Ti+]([Cl])[Cl].[O-]c1ccccc1.[O-]c1ccccc1. The smallest absolute Gasteiger partial charge is 0.0623 e. The Morgan fingerprint density at radius 3 is 0.773 bits per heavy atom. The maximum atomic E-state index is 10.3. The third-order valence-electron chi connectivity index (χ3n) is 1.49. The minimum atomic E-state index is -1.92. The number of benzene rings is 2. The van der Waals surface area contributed by atoms with E-state index in [1.165, 1.54) is 24.3 Å². The normalized spacial score (nSPS) is 7.91. The quantitative estimate of drug-likeness (QED) is 0.444. The molecule has 0 N–H and O–H groups in total. The van der Waals surface area contributed by atoms with Crippen LogP contribution in [0.25, 0.3) is 0 Å². The molecular weight excluding hydrogens is 485 g/mol. The third kappa shape index (κ3) is 29.2. The first-order valence-electron chi connectivity index (χ1n) is 5.36. The van der Waals surface area contributed by atoms with Gasteiger partial charge in [-0.1, -0.05) is 60.7 Å². The molecule has 0 bridgehead atoms. The molecule has 0 aromatic heterocycles. The van der Waals surface area contributed by atoms with Crippen molar-refractivity contribution in [3.05, 3.63) is 60.7 Å². The van der Waals surface area contributed by atoms with Crippen LogP contribution >= 0.6 is 55.8 Å². The van der Waals surface area contributed by atoms with Crippen LogP contribution in [-0.4, -0.2) is 0 Å². The van der Waals surface area contributed by atoms with E-state index in [-0.39, 0.29) is 11.5 Å². The summed E-state index contributed by atoms with van der Waals surface area (Å²) in [7, 11) is 29.8. The van der Waals surface area contributed by atoms with Gasteiger partial charge in [-0.25, -0.2) is 0 Å². The first-order chi connectivity index (χ1) is 10.3. The van der Waals surface area contributed by atoms with Crippen molar-refractivity contribution in [2.24, 2.45) is 0 Å². The molecule has 0 amide bonds. The van der Waals surface area contributed by atoms with E-state index in [0.29, 0.717) is 0 Å². The van der Waals surface area contributed by atoms with Crippen molar-refractivity contribution in [2.45, 2.75) is 0 Å². The number of halogens is 6. The standard InChI is InChI=1S/2C6H6O.6ClH.2Ti/c2*7-6-4-2-1-3-5-6;;;;;;;;/h2*1-5,7H;6*1H;;/q;;;;;;;;2*+4/p-8. The zero-order chi connectivity index (χ0) is 17.4. The summed E-state index contributed by atoms with van der Waals surface area (Å²) in [6.45, 7) is 0. The van der Waals surface area contributed by atoms with Gasteiger partial charge in [0.25, 0.3) is 0 Å². The molecule has 0 aliphatic rings. The first-order valence-corrected chi connectivity index (χ1v) is 18.3. The monoisotopic (exact) mass is 492 g/mol. The molecule has 2 rings (SSSR count). The Labute approximate surface area is 165 Å². The van der Waals surface area contributed by atoms with Crippen LogP contribution in [0.5, 0.6) is 11.5 Å². The van der Waals surface area contributed by atoms with Crippen LogP contribution in [0.4, 0.5) is 0 Å². The molecule has 0 aliphatic carbocycles. The predicted octanol–water partition coefficient (Wildman–Crippen LogP) is 5.65. The van der Waals surface area contributed by atoms with E-state index in [1.54, 1.807) is 24.3 Å². The van der Waals surface area contributed by atoms with Crippen molar-refractivity contribution in [3.8, 4) is 11.5 Å². The fourth-order valence-corrected chi connectivity index (χ4v) is 0.841. The zero-order valence-electron chi connectivity index (χ0n) is 10.9. The Kier molecular flexibility index (Phi) is 21.5. The molecule has 0 unspecified atom stereocenters. The average Bonchev–Trinajstić information content (AvgIpc) is 2.40. The van der Waals surface area contributed by atoms with Crippen LogP contribution in [-0.2, 0) is 29.4 Å². The van der Waals surface area contributed by atoms with Gasteiger partial charge in [-0.3, -0.25) is 0 Å².